The van der Waals surface area contributed by atoms with Crippen LogP contribution in [0.15, 0.2) is 18.2 Å². The van der Waals surface area contributed by atoms with Crippen LogP contribution in [-0.2, 0) is 9.53 Å². The van der Waals surface area contributed by atoms with E-state index < -0.39 is 6.61 Å². The number of carbonyl (C=O) groups is 1. The summed E-state index contributed by atoms with van der Waals surface area (Å²) in [4.78, 5) is 11.6. The number of nitrogens with one attached hydrogen (secondary N) is 2. The zero-order valence-corrected chi connectivity index (χ0v) is 11.4. The molecule has 0 radical (unpaired) electrons. The van der Waals surface area contributed by atoms with Crippen molar-refractivity contribution < 1.29 is 23.0 Å². The second-order valence-corrected chi connectivity index (χ2v) is 4.08. The second kappa shape index (κ2) is 8.44. The van der Waals surface area contributed by atoms with E-state index >= 15 is 0 Å². The zero-order chi connectivity index (χ0) is 15.0. The fourth-order valence-electron chi connectivity index (χ4n) is 1.48. The summed E-state index contributed by atoms with van der Waals surface area (Å²) in [7, 11) is 1.57. The van der Waals surface area contributed by atoms with Gasteiger partial charge in [0.2, 0.25) is 5.91 Å². The van der Waals surface area contributed by atoms with Crippen LogP contribution in [0.4, 0.5) is 14.5 Å². The number of rotatable bonds is 8. The molecule has 0 atom stereocenters. The molecule has 0 bridgehead atoms. The molecule has 0 aliphatic heterocycles. The molecule has 1 aromatic carbocycles. The Balaban J connectivity index is 2.52. The minimum atomic E-state index is -2.89. The van der Waals surface area contributed by atoms with Crippen molar-refractivity contribution in [3.8, 4) is 5.75 Å². The van der Waals surface area contributed by atoms with Crippen LogP contribution in [0.5, 0.6) is 5.75 Å². The van der Waals surface area contributed by atoms with Crippen LogP contribution in [-0.4, -0.2) is 39.3 Å². The molecule has 0 saturated carbocycles. The van der Waals surface area contributed by atoms with E-state index in [1.807, 2.05) is 0 Å². The smallest absolute Gasteiger partial charge is 0.387 e. The molecule has 1 rings (SSSR count). The third kappa shape index (κ3) is 5.94. The molecule has 20 heavy (non-hydrogen) atoms. The molecule has 0 fully saturated rings. The number of halogens is 2. The Labute approximate surface area is 116 Å². The highest BCUT2D eigenvalue weighted by Crippen LogP contribution is 2.24. The molecule has 0 spiro atoms. The first-order valence-electron chi connectivity index (χ1n) is 6.08. The number of carbonyl (C=O) groups excluding carboxylic acids is 1. The van der Waals surface area contributed by atoms with E-state index in [0.29, 0.717) is 24.4 Å². The summed E-state index contributed by atoms with van der Waals surface area (Å²) in [5, 5.41) is 5.47. The van der Waals surface area contributed by atoms with Crippen LogP contribution < -0.4 is 15.4 Å². The predicted octanol–water partition coefficient (Wildman–Crippen LogP) is 1.77. The van der Waals surface area contributed by atoms with Crippen molar-refractivity contribution in [3.05, 3.63) is 23.8 Å². The van der Waals surface area contributed by atoms with Gasteiger partial charge >= 0.3 is 6.61 Å². The molecule has 0 unspecified atom stereocenters. The van der Waals surface area contributed by atoms with Crippen molar-refractivity contribution in [2.75, 3.05) is 32.1 Å². The van der Waals surface area contributed by atoms with Crippen LogP contribution >= 0.6 is 0 Å². The number of anilines is 1. The molecule has 112 valence electrons. The van der Waals surface area contributed by atoms with Crippen LogP contribution in [0.1, 0.15) is 5.56 Å². The quantitative estimate of drug-likeness (QED) is 0.716. The van der Waals surface area contributed by atoms with Gasteiger partial charge in [-0.2, -0.15) is 8.78 Å². The lowest BCUT2D eigenvalue weighted by Gasteiger charge is -2.11. The van der Waals surface area contributed by atoms with Crippen molar-refractivity contribution in [1.82, 2.24) is 5.32 Å². The number of hydrogen-bond acceptors (Lipinski definition) is 4. The first-order valence-corrected chi connectivity index (χ1v) is 6.08. The Morgan fingerprint density at radius 1 is 1.40 bits per heavy atom. The average Bonchev–Trinajstić information content (AvgIpc) is 2.38. The molecule has 0 aliphatic carbocycles. The van der Waals surface area contributed by atoms with Gasteiger partial charge in [-0.25, -0.2) is 0 Å². The Hall–Kier alpha value is -1.73. The van der Waals surface area contributed by atoms with Crippen LogP contribution in [0.25, 0.3) is 0 Å². The van der Waals surface area contributed by atoms with E-state index in [1.165, 1.54) is 6.07 Å². The van der Waals surface area contributed by atoms with Gasteiger partial charge in [0.1, 0.15) is 5.75 Å². The molecule has 0 heterocycles. The second-order valence-electron chi connectivity index (χ2n) is 4.08. The lowest BCUT2D eigenvalue weighted by Crippen LogP contribution is -2.30. The summed E-state index contributed by atoms with van der Waals surface area (Å²) in [6, 6.07) is 4.60. The highest BCUT2D eigenvalue weighted by Gasteiger charge is 2.09. The summed E-state index contributed by atoms with van der Waals surface area (Å²) in [5.41, 5.74) is 0.978. The van der Waals surface area contributed by atoms with Gasteiger partial charge in [-0.1, -0.05) is 6.07 Å². The Morgan fingerprint density at radius 3 is 2.80 bits per heavy atom. The molecule has 0 saturated heterocycles. The van der Waals surface area contributed by atoms with Crippen molar-refractivity contribution in [3.63, 3.8) is 0 Å². The summed E-state index contributed by atoms with van der Waals surface area (Å²) in [6.45, 7) is -0.0741. The maximum Gasteiger partial charge on any atom is 0.387 e. The molecule has 0 aromatic heterocycles. The third-order valence-corrected chi connectivity index (χ3v) is 2.46. The van der Waals surface area contributed by atoms with Gasteiger partial charge in [-0.05, 0) is 18.6 Å². The molecule has 1 aromatic rings. The molecule has 2 N–H and O–H groups in total. The SMILES string of the molecule is COCCNCC(=O)Nc1ccc(C)c(OC(F)F)c1. The Bertz CT molecular complexity index is 442. The largest absolute Gasteiger partial charge is 0.434 e. The predicted molar refractivity (Wildman–Crippen MR) is 71.2 cm³/mol. The normalized spacial score (nSPS) is 10.7. The van der Waals surface area contributed by atoms with Gasteiger partial charge in [-0.15, -0.1) is 0 Å². The van der Waals surface area contributed by atoms with Crippen molar-refractivity contribution in [2.45, 2.75) is 13.5 Å². The monoisotopic (exact) mass is 288 g/mol. The van der Waals surface area contributed by atoms with Gasteiger partial charge in [0, 0.05) is 25.4 Å². The lowest BCUT2D eigenvalue weighted by molar-refractivity contribution is -0.115. The highest BCUT2D eigenvalue weighted by molar-refractivity contribution is 5.92. The highest BCUT2D eigenvalue weighted by atomic mass is 19.3. The van der Waals surface area contributed by atoms with E-state index in [9.17, 15) is 13.6 Å². The maximum absolute atomic E-state index is 12.2. The van der Waals surface area contributed by atoms with Crippen LogP contribution in [0.3, 0.4) is 0 Å². The van der Waals surface area contributed by atoms with E-state index in [1.54, 1.807) is 26.2 Å². The number of benzene rings is 1. The molecular weight excluding hydrogens is 270 g/mol. The van der Waals surface area contributed by atoms with Gasteiger partial charge in [0.25, 0.3) is 0 Å². The topological polar surface area (TPSA) is 59.6 Å². The molecule has 7 heteroatoms. The third-order valence-electron chi connectivity index (χ3n) is 2.46. The number of ether oxygens (including phenoxy) is 2. The van der Waals surface area contributed by atoms with Crippen LogP contribution in [0.2, 0.25) is 0 Å². The number of alkyl halides is 2. The number of aryl methyl sites for hydroxylation is 1. The Kier molecular flexibility index (Phi) is 6.89. The minimum Gasteiger partial charge on any atom is -0.434 e. The summed E-state index contributed by atoms with van der Waals surface area (Å²) in [6.07, 6.45) is 0. The first-order chi connectivity index (χ1) is 9.52. The Morgan fingerprint density at radius 2 is 2.15 bits per heavy atom. The van der Waals surface area contributed by atoms with E-state index in [-0.39, 0.29) is 18.2 Å². The summed E-state index contributed by atoms with van der Waals surface area (Å²) < 4.78 is 33.6. The van der Waals surface area contributed by atoms with E-state index in [0.717, 1.165) is 0 Å². The van der Waals surface area contributed by atoms with Gasteiger partial charge in [-0.3, -0.25) is 4.79 Å². The van der Waals surface area contributed by atoms with Crippen LogP contribution in [0, 0.1) is 6.92 Å². The molecule has 0 aliphatic rings. The molecular formula is C13H18F2N2O3. The molecule has 1 amide bonds. The minimum absolute atomic E-state index is 0.0464. The van der Waals surface area contributed by atoms with Gasteiger partial charge in [0.05, 0.1) is 13.2 Å². The number of hydrogen-bond donors (Lipinski definition) is 2. The summed E-state index contributed by atoms with van der Waals surface area (Å²) >= 11 is 0. The maximum atomic E-state index is 12.2. The van der Waals surface area contributed by atoms with E-state index in [4.69, 9.17) is 4.74 Å². The average molecular weight is 288 g/mol. The summed E-state index contributed by atoms with van der Waals surface area (Å²) in [5.74, 6) is -0.224. The standard InChI is InChI=1S/C13H18F2N2O3/c1-9-3-4-10(7-11(9)20-13(14)15)17-12(18)8-16-5-6-19-2/h3-4,7,13,16H,5-6,8H2,1-2H3,(H,17,18). The van der Waals surface area contributed by atoms with E-state index in [2.05, 4.69) is 15.4 Å². The number of amides is 1. The van der Waals surface area contributed by atoms with Gasteiger partial charge in [0.15, 0.2) is 0 Å². The fourth-order valence-corrected chi connectivity index (χ4v) is 1.48. The zero-order valence-electron chi connectivity index (χ0n) is 11.4. The fraction of sp³-hybridized carbons (Fsp3) is 0.462. The number of methoxy groups -OCH3 is 1. The lowest BCUT2D eigenvalue weighted by atomic mass is 10.2. The van der Waals surface area contributed by atoms with Crippen molar-refractivity contribution in [1.29, 1.82) is 0 Å². The molecule has 5 nitrogen and oxygen atoms in total. The van der Waals surface area contributed by atoms with Gasteiger partial charge < -0.3 is 20.1 Å². The first kappa shape index (κ1) is 16.3. The van der Waals surface area contributed by atoms with Crippen molar-refractivity contribution in [2.24, 2.45) is 0 Å². The van der Waals surface area contributed by atoms with Crippen molar-refractivity contribution >= 4 is 11.6 Å².